The van der Waals surface area contributed by atoms with E-state index in [9.17, 15) is 9.90 Å². The fourth-order valence-corrected chi connectivity index (χ4v) is 4.61. The van der Waals surface area contributed by atoms with Crippen LogP contribution in [0.5, 0.6) is 0 Å². The van der Waals surface area contributed by atoms with E-state index in [0.717, 1.165) is 36.7 Å². The number of carbonyl (C=O) groups is 1. The Kier molecular flexibility index (Phi) is 3.63. The quantitative estimate of drug-likeness (QED) is 0.912. The lowest BCUT2D eigenvalue weighted by Gasteiger charge is -2.38. The maximum Gasteiger partial charge on any atom is 0.324 e. The molecular formula is C16H20BrNO2. The minimum Gasteiger partial charge on any atom is -0.480 e. The van der Waals surface area contributed by atoms with Crippen LogP contribution >= 0.6 is 15.9 Å². The molecule has 20 heavy (non-hydrogen) atoms. The molecule has 1 fully saturated rings. The molecule has 0 bridgehead atoms. The summed E-state index contributed by atoms with van der Waals surface area (Å²) >= 11 is 3.62. The molecule has 2 atom stereocenters. The highest BCUT2D eigenvalue weighted by Gasteiger charge is 2.50. The van der Waals surface area contributed by atoms with Crippen LogP contribution in [-0.2, 0) is 11.2 Å². The van der Waals surface area contributed by atoms with Crippen LogP contribution in [0.25, 0.3) is 0 Å². The molecule has 1 saturated heterocycles. The van der Waals surface area contributed by atoms with Crippen molar-refractivity contribution in [3.05, 3.63) is 33.8 Å². The van der Waals surface area contributed by atoms with Gasteiger partial charge in [0.1, 0.15) is 5.54 Å². The Balaban J connectivity index is 1.99. The van der Waals surface area contributed by atoms with Gasteiger partial charge in [-0.05, 0) is 55.8 Å². The molecule has 3 nitrogen and oxygen atoms in total. The van der Waals surface area contributed by atoms with E-state index in [1.165, 1.54) is 11.1 Å². The van der Waals surface area contributed by atoms with E-state index in [-0.39, 0.29) is 6.04 Å². The highest BCUT2D eigenvalue weighted by molar-refractivity contribution is 9.10. The number of rotatable bonds is 3. The molecule has 1 aromatic rings. The van der Waals surface area contributed by atoms with E-state index in [1.54, 1.807) is 0 Å². The van der Waals surface area contributed by atoms with Gasteiger partial charge in [-0.1, -0.05) is 35.0 Å². The minimum absolute atomic E-state index is 0.265. The first kappa shape index (κ1) is 14.1. The van der Waals surface area contributed by atoms with Crippen LogP contribution < -0.4 is 0 Å². The fraction of sp³-hybridized carbons (Fsp3) is 0.562. The van der Waals surface area contributed by atoms with Gasteiger partial charge in [-0.15, -0.1) is 0 Å². The monoisotopic (exact) mass is 337 g/mol. The van der Waals surface area contributed by atoms with Crippen molar-refractivity contribution in [3.63, 3.8) is 0 Å². The van der Waals surface area contributed by atoms with Gasteiger partial charge in [0.15, 0.2) is 0 Å². The van der Waals surface area contributed by atoms with Crippen LogP contribution in [0.2, 0.25) is 0 Å². The summed E-state index contributed by atoms with van der Waals surface area (Å²) in [5.41, 5.74) is 2.02. The van der Waals surface area contributed by atoms with Crippen LogP contribution in [0.1, 0.15) is 49.8 Å². The van der Waals surface area contributed by atoms with Gasteiger partial charge >= 0.3 is 5.97 Å². The molecule has 1 heterocycles. The van der Waals surface area contributed by atoms with Crippen LogP contribution in [0.15, 0.2) is 22.7 Å². The second-order valence-corrected chi connectivity index (χ2v) is 6.70. The summed E-state index contributed by atoms with van der Waals surface area (Å²) in [6, 6.07) is 6.57. The number of carboxylic acid groups (broad SMARTS) is 1. The Morgan fingerprint density at radius 2 is 2.35 bits per heavy atom. The van der Waals surface area contributed by atoms with Crippen LogP contribution in [0.4, 0.5) is 0 Å². The predicted molar refractivity (Wildman–Crippen MR) is 81.8 cm³/mol. The number of halogens is 1. The number of fused-ring (bicyclic) bond motifs is 1. The molecule has 0 amide bonds. The third-order valence-corrected chi connectivity index (χ3v) is 5.82. The van der Waals surface area contributed by atoms with Gasteiger partial charge < -0.3 is 5.11 Å². The smallest absolute Gasteiger partial charge is 0.324 e. The van der Waals surface area contributed by atoms with Gasteiger partial charge in [0.2, 0.25) is 0 Å². The Morgan fingerprint density at radius 1 is 1.55 bits per heavy atom. The maximum absolute atomic E-state index is 11.8. The van der Waals surface area contributed by atoms with Crippen molar-refractivity contribution in [1.29, 1.82) is 0 Å². The number of carboxylic acids is 1. The first-order valence-electron chi connectivity index (χ1n) is 7.37. The van der Waals surface area contributed by atoms with E-state index < -0.39 is 11.5 Å². The summed E-state index contributed by atoms with van der Waals surface area (Å²) in [7, 11) is 0. The van der Waals surface area contributed by atoms with E-state index in [2.05, 4.69) is 39.0 Å². The molecule has 0 saturated carbocycles. The van der Waals surface area contributed by atoms with E-state index >= 15 is 0 Å². The van der Waals surface area contributed by atoms with E-state index in [0.29, 0.717) is 6.42 Å². The molecule has 1 N–H and O–H groups in total. The Bertz CT molecular complexity index is 545. The van der Waals surface area contributed by atoms with Crippen molar-refractivity contribution in [1.82, 2.24) is 4.90 Å². The van der Waals surface area contributed by atoms with Crippen molar-refractivity contribution in [2.75, 3.05) is 6.54 Å². The van der Waals surface area contributed by atoms with Crippen LogP contribution in [0.3, 0.4) is 0 Å². The Morgan fingerprint density at radius 3 is 3.05 bits per heavy atom. The molecule has 4 heteroatoms. The molecule has 1 aromatic carbocycles. The summed E-state index contributed by atoms with van der Waals surface area (Å²) in [5, 5.41) is 9.75. The topological polar surface area (TPSA) is 40.5 Å². The summed E-state index contributed by atoms with van der Waals surface area (Å²) in [4.78, 5) is 14.1. The second-order valence-electron chi connectivity index (χ2n) is 5.85. The third-order valence-electron chi connectivity index (χ3n) is 5.08. The molecule has 108 valence electrons. The Labute approximate surface area is 128 Å². The zero-order valence-corrected chi connectivity index (χ0v) is 13.3. The highest BCUT2D eigenvalue weighted by atomic mass is 79.9. The zero-order valence-electron chi connectivity index (χ0n) is 11.7. The summed E-state index contributed by atoms with van der Waals surface area (Å²) in [5.74, 6) is -0.652. The summed E-state index contributed by atoms with van der Waals surface area (Å²) < 4.78 is 1.16. The summed E-state index contributed by atoms with van der Waals surface area (Å²) in [6.45, 7) is 2.90. The fourth-order valence-electron chi connectivity index (χ4n) is 4.03. The molecule has 1 aliphatic carbocycles. The van der Waals surface area contributed by atoms with Crippen molar-refractivity contribution >= 4 is 21.9 Å². The number of nitrogens with zero attached hydrogens (tertiary/aromatic N) is 1. The largest absolute Gasteiger partial charge is 0.480 e. The molecule has 0 spiro atoms. The first-order chi connectivity index (χ1) is 9.60. The number of aliphatic carboxylic acids is 1. The zero-order chi connectivity index (χ0) is 14.3. The number of likely N-dealkylation sites (tertiary alicyclic amines) is 1. The predicted octanol–water partition coefficient (Wildman–Crippen LogP) is 3.77. The van der Waals surface area contributed by atoms with Crippen LogP contribution in [-0.4, -0.2) is 28.1 Å². The van der Waals surface area contributed by atoms with Gasteiger partial charge in [0.05, 0.1) is 0 Å². The van der Waals surface area contributed by atoms with Gasteiger partial charge in [-0.2, -0.15) is 0 Å². The van der Waals surface area contributed by atoms with Crippen molar-refractivity contribution in [3.8, 4) is 0 Å². The number of hydrogen-bond donors (Lipinski definition) is 1. The lowest BCUT2D eigenvalue weighted by Crippen LogP contribution is -2.51. The molecule has 2 aliphatic rings. The standard InChI is InChI=1S/C16H20BrNO2/c1-2-16(15(19)20)9-4-10-18(16)14-8-7-11-12(14)5-3-6-13(11)17/h3,5-6,14H,2,4,7-10H2,1H3,(H,19,20). The molecule has 1 aliphatic heterocycles. The molecular weight excluding hydrogens is 318 g/mol. The van der Waals surface area contributed by atoms with Gasteiger partial charge in [-0.25, -0.2) is 0 Å². The molecule has 3 rings (SSSR count). The minimum atomic E-state index is -0.658. The SMILES string of the molecule is CCC1(C(=O)O)CCCN1C1CCc2c(Br)cccc21. The van der Waals surface area contributed by atoms with Crippen molar-refractivity contribution < 1.29 is 9.90 Å². The molecule has 0 aromatic heterocycles. The third kappa shape index (κ3) is 1.92. The van der Waals surface area contributed by atoms with Crippen molar-refractivity contribution in [2.24, 2.45) is 0 Å². The molecule has 0 radical (unpaired) electrons. The average molecular weight is 338 g/mol. The van der Waals surface area contributed by atoms with E-state index in [1.807, 2.05) is 6.92 Å². The van der Waals surface area contributed by atoms with Crippen LogP contribution in [0, 0.1) is 0 Å². The average Bonchev–Trinajstić information content (AvgIpc) is 3.02. The summed E-state index contributed by atoms with van der Waals surface area (Å²) in [6.07, 6.45) is 4.52. The second kappa shape index (κ2) is 5.15. The maximum atomic E-state index is 11.8. The van der Waals surface area contributed by atoms with Gasteiger partial charge in [0, 0.05) is 10.5 Å². The normalized spacial score (nSPS) is 29.6. The first-order valence-corrected chi connectivity index (χ1v) is 8.17. The lowest BCUT2D eigenvalue weighted by molar-refractivity contribution is -0.151. The number of hydrogen-bond acceptors (Lipinski definition) is 2. The van der Waals surface area contributed by atoms with Gasteiger partial charge in [0.25, 0.3) is 0 Å². The van der Waals surface area contributed by atoms with Gasteiger partial charge in [-0.3, -0.25) is 9.69 Å². The highest BCUT2D eigenvalue weighted by Crippen LogP contribution is 2.46. The number of benzene rings is 1. The van der Waals surface area contributed by atoms with E-state index in [4.69, 9.17) is 0 Å². The van der Waals surface area contributed by atoms with Crippen molar-refractivity contribution in [2.45, 2.75) is 50.6 Å². The lowest BCUT2D eigenvalue weighted by atomic mass is 9.91. The Hall–Kier alpha value is -0.870. The molecule has 2 unspecified atom stereocenters.